The van der Waals surface area contributed by atoms with Gasteiger partial charge in [0.05, 0.1) is 18.7 Å². The molecule has 2 aromatic carbocycles. The summed E-state index contributed by atoms with van der Waals surface area (Å²) in [5.74, 6) is -0.889. The Kier molecular flexibility index (Phi) is 7.53. The van der Waals surface area contributed by atoms with Crippen LogP contribution in [0.4, 0.5) is 24.5 Å². The number of anilines is 2. The lowest BCUT2D eigenvalue weighted by molar-refractivity contribution is -0.137. The first kappa shape index (κ1) is 21.4. The minimum absolute atomic E-state index is 0.0246. The maximum Gasteiger partial charge on any atom is 0.416 e. The van der Waals surface area contributed by atoms with E-state index >= 15 is 0 Å². The number of methoxy groups -OCH3 is 1. The Morgan fingerprint density at radius 3 is 2.36 bits per heavy atom. The van der Waals surface area contributed by atoms with Crippen molar-refractivity contribution in [3.8, 4) is 0 Å². The summed E-state index contributed by atoms with van der Waals surface area (Å²) in [6, 6.07) is 10.5. The van der Waals surface area contributed by atoms with Crippen LogP contribution in [0.25, 0.3) is 0 Å². The fourth-order valence-electron chi connectivity index (χ4n) is 2.30. The van der Waals surface area contributed by atoms with Gasteiger partial charge in [-0.2, -0.15) is 13.2 Å². The number of hydrogen-bond acceptors (Lipinski definition) is 4. The van der Waals surface area contributed by atoms with E-state index in [1.165, 1.54) is 24.3 Å². The molecule has 0 heterocycles. The van der Waals surface area contributed by atoms with Gasteiger partial charge < -0.3 is 20.7 Å². The maximum absolute atomic E-state index is 12.8. The van der Waals surface area contributed by atoms with Crippen molar-refractivity contribution in [1.29, 1.82) is 0 Å². The highest BCUT2D eigenvalue weighted by Crippen LogP contribution is 2.30. The molecule has 0 saturated heterocycles. The second-order valence-electron chi connectivity index (χ2n) is 5.83. The smallest absolute Gasteiger partial charge is 0.383 e. The van der Waals surface area contributed by atoms with E-state index in [9.17, 15) is 22.8 Å². The van der Waals surface area contributed by atoms with Crippen molar-refractivity contribution >= 4 is 23.2 Å². The zero-order chi connectivity index (χ0) is 20.6. The number of halogens is 3. The second kappa shape index (κ2) is 9.86. The van der Waals surface area contributed by atoms with Gasteiger partial charge in [-0.25, -0.2) is 0 Å². The van der Waals surface area contributed by atoms with Crippen molar-refractivity contribution < 1.29 is 27.5 Å². The quantitative estimate of drug-likeness (QED) is 0.600. The Bertz CT molecular complexity index is 825. The van der Waals surface area contributed by atoms with Crippen molar-refractivity contribution in [1.82, 2.24) is 5.32 Å². The van der Waals surface area contributed by atoms with Crippen molar-refractivity contribution in [3.63, 3.8) is 0 Å². The minimum Gasteiger partial charge on any atom is -0.383 e. The van der Waals surface area contributed by atoms with E-state index < -0.39 is 17.6 Å². The molecule has 2 aromatic rings. The second-order valence-corrected chi connectivity index (χ2v) is 5.83. The summed E-state index contributed by atoms with van der Waals surface area (Å²) < 4.78 is 43.2. The van der Waals surface area contributed by atoms with E-state index in [1.54, 1.807) is 19.2 Å². The molecule has 0 saturated carbocycles. The average molecular weight is 395 g/mol. The highest BCUT2D eigenvalue weighted by Gasteiger charge is 2.30. The molecule has 0 aliphatic heterocycles. The first-order chi connectivity index (χ1) is 13.3. The normalized spacial score (nSPS) is 11.1. The number of hydrogen-bond donors (Lipinski definition) is 3. The SMILES string of the molecule is COCCNCC(=O)Nc1cccc(C(=O)Nc2cccc(C(F)(F)F)c2)c1. The lowest BCUT2D eigenvalue weighted by Crippen LogP contribution is -2.30. The molecule has 0 aliphatic carbocycles. The molecule has 0 aliphatic rings. The molecule has 3 N–H and O–H groups in total. The largest absolute Gasteiger partial charge is 0.416 e. The predicted molar refractivity (Wildman–Crippen MR) is 99.2 cm³/mol. The fourth-order valence-corrected chi connectivity index (χ4v) is 2.30. The molecule has 0 bridgehead atoms. The molecule has 2 amide bonds. The number of carbonyl (C=O) groups is 2. The van der Waals surface area contributed by atoms with Gasteiger partial charge in [-0.15, -0.1) is 0 Å². The number of benzene rings is 2. The van der Waals surface area contributed by atoms with Gasteiger partial charge in [-0.3, -0.25) is 9.59 Å². The summed E-state index contributed by atoms with van der Waals surface area (Å²) in [5, 5.41) is 7.94. The summed E-state index contributed by atoms with van der Waals surface area (Å²) in [6.07, 6.45) is -4.50. The van der Waals surface area contributed by atoms with E-state index in [1.807, 2.05) is 0 Å². The molecule has 0 atom stereocenters. The van der Waals surface area contributed by atoms with Gasteiger partial charge in [0.15, 0.2) is 0 Å². The number of rotatable bonds is 8. The maximum atomic E-state index is 12.8. The number of ether oxygens (including phenoxy) is 1. The fraction of sp³-hybridized carbons (Fsp3) is 0.263. The average Bonchev–Trinajstić information content (AvgIpc) is 2.65. The third kappa shape index (κ3) is 6.67. The highest BCUT2D eigenvalue weighted by molar-refractivity contribution is 6.05. The van der Waals surface area contributed by atoms with E-state index in [2.05, 4.69) is 16.0 Å². The van der Waals surface area contributed by atoms with Gasteiger partial charge in [-0.05, 0) is 36.4 Å². The monoisotopic (exact) mass is 395 g/mol. The zero-order valence-corrected chi connectivity index (χ0v) is 15.1. The van der Waals surface area contributed by atoms with Crippen molar-refractivity contribution in [2.45, 2.75) is 6.18 Å². The summed E-state index contributed by atoms with van der Waals surface area (Å²) in [6.45, 7) is 1.06. The Balaban J connectivity index is 1.99. The molecule has 0 fully saturated rings. The van der Waals surface area contributed by atoms with Crippen LogP contribution in [0.1, 0.15) is 15.9 Å². The first-order valence-corrected chi connectivity index (χ1v) is 8.38. The van der Waals surface area contributed by atoms with E-state index in [0.717, 1.165) is 12.1 Å². The van der Waals surface area contributed by atoms with Crippen LogP contribution in [0.5, 0.6) is 0 Å². The summed E-state index contributed by atoms with van der Waals surface area (Å²) in [5.41, 5.74) is -0.235. The van der Waals surface area contributed by atoms with Crippen molar-refractivity contribution in [2.24, 2.45) is 0 Å². The number of amides is 2. The number of carbonyl (C=O) groups excluding carboxylic acids is 2. The molecule has 9 heteroatoms. The third-order valence-corrected chi connectivity index (χ3v) is 3.62. The molecular weight excluding hydrogens is 375 g/mol. The van der Waals surface area contributed by atoms with Crippen LogP contribution in [-0.2, 0) is 15.7 Å². The molecule has 0 unspecified atom stereocenters. The zero-order valence-electron chi connectivity index (χ0n) is 15.1. The number of nitrogens with one attached hydrogen (secondary N) is 3. The molecule has 150 valence electrons. The van der Waals surface area contributed by atoms with Crippen LogP contribution < -0.4 is 16.0 Å². The Labute approximate surface area is 160 Å². The van der Waals surface area contributed by atoms with Crippen LogP contribution in [-0.4, -0.2) is 38.6 Å². The Morgan fingerprint density at radius 2 is 1.68 bits per heavy atom. The van der Waals surface area contributed by atoms with Crippen LogP contribution >= 0.6 is 0 Å². The lowest BCUT2D eigenvalue weighted by Gasteiger charge is -2.11. The van der Waals surface area contributed by atoms with Gasteiger partial charge in [0.2, 0.25) is 5.91 Å². The van der Waals surface area contributed by atoms with Crippen LogP contribution in [0.3, 0.4) is 0 Å². The van der Waals surface area contributed by atoms with E-state index in [4.69, 9.17) is 4.74 Å². The van der Waals surface area contributed by atoms with Crippen molar-refractivity contribution in [3.05, 3.63) is 59.7 Å². The minimum atomic E-state index is -4.50. The molecular formula is C19H20F3N3O3. The summed E-state index contributed by atoms with van der Waals surface area (Å²) >= 11 is 0. The van der Waals surface area contributed by atoms with Gasteiger partial charge >= 0.3 is 6.18 Å². The first-order valence-electron chi connectivity index (χ1n) is 8.38. The van der Waals surface area contributed by atoms with Crippen LogP contribution in [0.2, 0.25) is 0 Å². The van der Waals surface area contributed by atoms with E-state index in [0.29, 0.717) is 18.8 Å². The lowest BCUT2D eigenvalue weighted by atomic mass is 10.1. The Hall–Kier alpha value is -2.91. The molecule has 0 spiro atoms. The van der Waals surface area contributed by atoms with Crippen LogP contribution in [0, 0.1) is 0 Å². The topological polar surface area (TPSA) is 79.5 Å². The van der Waals surface area contributed by atoms with Crippen molar-refractivity contribution in [2.75, 3.05) is 37.4 Å². The number of alkyl halides is 3. The van der Waals surface area contributed by atoms with Gasteiger partial charge in [0.25, 0.3) is 5.91 Å². The highest BCUT2D eigenvalue weighted by atomic mass is 19.4. The summed E-state index contributed by atoms with van der Waals surface area (Å²) in [7, 11) is 1.55. The molecule has 0 radical (unpaired) electrons. The molecule has 2 rings (SSSR count). The van der Waals surface area contributed by atoms with Gasteiger partial charge in [0, 0.05) is 30.6 Å². The molecule has 28 heavy (non-hydrogen) atoms. The predicted octanol–water partition coefficient (Wildman–Crippen LogP) is 3.13. The van der Waals surface area contributed by atoms with E-state index in [-0.39, 0.29) is 23.7 Å². The van der Waals surface area contributed by atoms with Gasteiger partial charge in [0.1, 0.15) is 0 Å². The molecule has 6 nitrogen and oxygen atoms in total. The van der Waals surface area contributed by atoms with Gasteiger partial charge in [-0.1, -0.05) is 12.1 Å². The Morgan fingerprint density at radius 1 is 1.00 bits per heavy atom. The molecule has 0 aromatic heterocycles. The third-order valence-electron chi connectivity index (χ3n) is 3.62. The van der Waals surface area contributed by atoms with Crippen LogP contribution in [0.15, 0.2) is 48.5 Å². The summed E-state index contributed by atoms with van der Waals surface area (Å²) in [4.78, 5) is 24.2. The standard InChI is InChI=1S/C19H20F3N3O3/c1-28-9-8-23-12-17(26)24-15-6-2-4-13(10-15)18(27)25-16-7-3-5-14(11-16)19(20,21)22/h2-7,10-11,23H,8-9,12H2,1H3,(H,24,26)(H,25,27).